The van der Waals surface area contributed by atoms with Crippen LogP contribution in [0.5, 0.6) is 5.75 Å². The van der Waals surface area contributed by atoms with Gasteiger partial charge in [0.05, 0.1) is 9.75 Å². The number of hydrogen-bond acceptors (Lipinski definition) is 5. The molecule has 1 amide bonds. The molecule has 2 heterocycles. The fourth-order valence-corrected chi connectivity index (χ4v) is 3.41. The maximum absolute atomic E-state index is 13.6. The quantitative estimate of drug-likeness (QED) is 0.580. The van der Waals surface area contributed by atoms with Gasteiger partial charge in [-0.1, -0.05) is 12.1 Å². The molecule has 0 unspecified atom stereocenters. The van der Waals surface area contributed by atoms with Crippen LogP contribution in [0.4, 0.5) is 13.2 Å². The molecule has 0 radical (unpaired) electrons. The number of nitrogens with one attached hydrogen (secondary N) is 1. The Morgan fingerprint density at radius 3 is 2.57 bits per heavy atom. The van der Waals surface area contributed by atoms with Crippen molar-refractivity contribution in [1.82, 2.24) is 15.1 Å². The number of amides is 1. The predicted octanol–water partition coefficient (Wildman–Crippen LogP) is 3.83. The molecule has 0 bridgehead atoms. The summed E-state index contributed by atoms with van der Waals surface area (Å²) in [5.74, 6) is 2.02. The fraction of sp³-hybridized carbons (Fsp3) is 0.222. The molecule has 2 aromatic heterocycles. The van der Waals surface area contributed by atoms with Crippen molar-refractivity contribution in [2.24, 2.45) is 5.90 Å². The lowest BCUT2D eigenvalue weighted by Gasteiger charge is -2.09. The number of rotatable bonds is 7. The van der Waals surface area contributed by atoms with Gasteiger partial charge in [-0.15, -0.1) is 11.3 Å². The predicted molar refractivity (Wildman–Crippen MR) is 98.6 cm³/mol. The van der Waals surface area contributed by atoms with Gasteiger partial charge in [0.2, 0.25) is 0 Å². The third-order valence-corrected chi connectivity index (χ3v) is 5.04. The van der Waals surface area contributed by atoms with Gasteiger partial charge in [-0.2, -0.15) is 19.8 Å². The van der Waals surface area contributed by atoms with E-state index in [0.717, 1.165) is 23.0 Å². The van der Waals surface area contributed by atoms with Gasteiger partial charge in [0.25, 0.3) is 11.8 Å². The summed E-state index contributed by atoms with van der Waals surface area (Å²) in [6.45, 7) is -0.190. The summed E-state index contributed by atoms with van der Waals surface area (Å²) in [5.41, 5.74) is 0.521. The van der Waals surface area contributed by atoms with E-state index in [1.54, 1.807) is 36.4 Å². The maximum Gasteiger partial charge on any atom is 0.286 e. The molecule has 1 aromatic carbocycles. The van der Waals surface area contributed by atoms with E-state index in [0.29, 0.717) is 33.7 Å². The topological polar surface area (TPSA) is 82.2 Å². The largest absolute Gasteiger partial charge is 0.412 e. The van der Waals surface area contributed by atoms with Crippen molar-refractivity contribution in [2.45, 2.75) is 26.2 Å². The first-order chi connectivity index (χ1) is 13.3. The van der Waals surface area contributed by atoms with Crippen LogP contribution in [0, 0.1) is 0 Å². The highest BCUT2D eigenvalue weighted by Gasteiger charge is 2.30. The summed E-state index contributed by atoms with van der Waals surface area (Å²) >= 11 is 1.09. The molecule has 0 saturated heterocycles. The van der Waals surface area contributed by atoms with Gasteiger partial charge in [0, 0.05) is 13.5 Å². The summed E-state index contributed by atoms with van der Waals surface area (Å²) in [6, 6.07) is 11.2. The summed E-state index contributed by atoms with van der Waals surface area (Å²) in [5, 5.41) is 6.63. The number of thiophene rings is 1. The molecular formula is C18H17F3N4O2S. The molecule has 0 aliphatic heterocycles. The van der Waals surface area contributed by atoms with Gasteiger partial charge in [-0.25, -0.2) is 9.07 Å². The number of carbonyl (C=O) groups excluding carboxylic acids is 1. The number of alkyl halides is 3. The van der Waals surface area contributed by atoms with Gasteiger partial charge < -0.3 is 10.2 Å². The van der Waals surface area contributed by atoms with Crippen molar-refractivity contribution >= 4 is 17.2 Å². The second kappa shape index (κ2) is 8.03. The van der Waals surface area contributed by atoms with E-state index in [-0.39, 0.29) is 11.6 Å². The van der Waals surface area contributed by atoms with Crippen LogP contribution in [0.25, 0.3) is 10.6 Å². The van der Waals surface area contributed by atoms with Crippen molar-refractivity contribution in [2.75, 3.05) is 0 Å². The van der Waals surface area contributed by atoms with Crippen LogP contribution in [0.1, 0.15) is 27.9 Å². The highest BCUT2D eigenvalue weighted by molar-refractivity contribution is 7.17. The van der Waals surface area contributed by atoms with E-state index in [9.17, 15) is 18.0 Å². The highest BCUT2D eigenvalue weighted by atomic mass is 32.1. The van der Waals surface area contributed by atoms with Crippen molar-refractivity contribution < 1.29 is 22.8 Å². The summed E-state index contributed by atoms with van der Waals surface area (Å²) in [4.78, 5) is 17.8. The van der Waals surface area contributed by atoms with Crippen molar-refractivity contribution in [3.05, 3.63) is 58.6 Å². The van der Waals surface area contributed by atoms with Gasteiger partial charge in [0.15, 0.2) is 6.80 Å². The molecule has 0 aliphatic carbocycles. The Hall–Kier alpha value is -2.85. The molecule has 3 rings (SSSR count). The number of nitrogens with two attached hydrogens (primary N) is 1. The Kier molecular flexibility index (Phi) is 5.71. The van der Waals surface area contributed by atoms with Crippen molar-refractivity contribution in [3.8, 4) is 16.3 Å². The Bertz CT molecular complexity index is 964. The molecule has 3 aromatic rings. The summed E-state index contributed by atoms with van der Waals surface area (Å²) in [6.07, 6.45) is 0. The van der Waals surface area contributed by atoms with E-state index in [1.165, 1.54) is 0 Å². The lowest BCUT2D eigenvalue weighted by atomic mass is 10.2. The standard InChI is InChI=1S/C18H17F3N4O2S/c1-18(20,21)16-8-13(24-25(16)10-19)14-6-7-15(28-14)17(26)23-9-11-2-4-12(27-22)5-3-11/h2-8H,9-10,22H2,1H3,(H,23,26). The van der Waals surface area contributed by atoms with Gasteiger partial charge in [-0.3, -0.25) is 4.79 Å². The molecule has 10 heteroatoms. The van der Waals surface area contributed by atoms with E-state index < -0.39 is 18.4 Å². The average molecular weight is 410 g/mol. The van der Waals surface area contributed by atoms with Gasteiger partial charge in [0.1, 0.15) is 17.1 Å². The first kappa shape index (κ1) is 19.9. The number of hydrogen-bond donors (Lipinski definition) is 2. The zero-order valence-electron chi connectivity index (χ0n) is 14.8. The number of aromatic nitrogens is 2. The lowest BCUT2D eigenvalue weighted by molar-refractivity contribution is 0.00546. The molecule has 6 nitrogen and oxygen atoms in total. The minimum Gasteiger partial charge on any atom is -0.412 e. The third-order valence-electron chi connectivity index (χ3n) is 3.94. The first-order valence-corrected chi connectivity index (χ1v) is 8.99. The number of halogens is 3. The Labute approximate surface area is 162 Å². The number of benzene rings is 1. The molecule has 0 fully saturated rings. The normalized spacial score (nSPS) is 11.5. The minimum atomic E-state index is -3.22. The Morgan fingerprint density at radius 1 is 1.29 bits per heavy atom. The monoisotopic (exact) mass is 410 g/mol. The lowest BCUT2D eigenvalue weighted by Crippen LogP contribution is -2.21. The van der Waals surface area contributed by atoms with Crippen molar-refractivity contribution in [3.63, 3.8) is 0 Å². The molecule has 28 heavy (non-hydrogen) atoms. The Morgan fingerprint density at radius 2 is 2.00 bits per heavy atom. The maximum atomic E-state index is 13.6. The molecule has 148 valence electrons. The van der Waals surface area contributed by atoms with E-state index in [1.807, 2.05) is 0 Å². The van der Waals surface area contributed by atoms with Crippen LogP contribution in [-0.2, 0) is 19.3 Å². The van der Waals surface area contributed by atoms with Crippen LogP contribution < -0.4 is 16.1 Å². The highest BCUT2D eigenvalue weighted by Crippen LogP contribution is 2.33. The van der Waals surface area contributed by atoms with Crippen LogP contribution in [0.15, 0.2) is 42.5 Å². The van der Waals surface area contributed by atoms with E-state index in [4.69, 9.17) is 5.90 Å². The minimum absolute atomic E-state index is 0.190. The van der Waals surface area contributed by atoms with Crippen LogP contribution in [-0.4, -0.2) is 15.7 Å². The zero-order chi connectivity index (χ0) is 20.3. The van der Waals surface area contributed by atoms with E-state index >= 15 is 0 Å². The number of nitrogens with zero attached hydrogens (tertiary/aromatic N) is 2. The smallest absolute Gasteiger partial charge is 0.286 e. The average Bonchev–Trinajstić information content (AvgIpc) is 3.33. The SMILES string of the molecule is CC(F)(F)c1cc(-c2ccc(C(=O)NCc3ccc(ON)cc3)s2)nn1CF. The van der Waals surface area contributed by atoms with Crippen LogP contribution in [0.3, 0.4) is 0 Å². The fourth-order valence-electron chi connectivity index (χ4n) is 2.53. The zero-order valence-corrected chi connectivity index (χ0v) is 15.6. The first-order valence-electron chi connectivity index (χ1n) is 8.18. The number of carbonyl (C=O) groups is 1. The van der Waals surface area contributed by atoms with Crippen molar-refractivity contribution in [1.29, 1.82) is 0 Å². The van der Waals surface area contributed by atoms with Gasteiger partial charge >= 0.3 is 0 Å². The summed E-state index contributed by atoms with van der Waals surface area (Å²) < 4.78 is 40.7. The molecule has 0 saturated carbocycles. The molecule has 0 atom stereocenters. The van der Waals surface area contributed by atoms with Crippen LogP contribution in [0.2, 0.25) is 0 Å². The van der Waals surface area contributed by atoms with Gasteiger partial charge in [-0.05, 0) is 35.9 Å². The second-order valence-electron chi connectivity index (χ2n) is 6.03. The third kappa shape index (κ3) is 4.34. The molecule has 0 spiro atoms. The second-order valence-corrected chi connectivity index (χ2v) is 7.11. The summed E-state index contributed by atoms with van der Waals surface area (Å²) in [7, 11) is 0. The van der Waals surface area contributed by atoms with Crippen LogP contribution >= 0.6 is 11.3 Å². The molecular weight excluding hydrogens is 393 g/mol. The molecule has 0 aliphatic rings. The molecule has 3 N–H and O–H groups in total. The Balaban J connectivity index is 1.71. The van der Waals surface area contributed by atoms with E-state index in [2.05, 4.69) is 15.3 Å².